The van der Waals surface area contributed by atoms with Gasteiger partial charge in [0, 0.05) is 6.04 Å². The van der Waals surface area contributed by atoms with E-state index in [1.54, 1.807) is 10.6 Å². The fraction of sp³-hybridized carbons (Fsp3) is 0.312. The predicted octanol–water partition coefficient (Wildman–Crippen LogP) is 1.57. The fourth-order valence-corrected chi connectivity index (χ4v) is 3.11. The lowest BCUT2D eigenvalue weighted by atomic mass is 10.2. The molecule has 3 rings (SSSR count). The van der Waals surface area contributed by atoms with Crippen LogP contribution in [0.3, 0.4) is 0 Å². The minimum Gasteiger partial charge on any atom is -0.344 e. The summed E-state index contributed by atoms with van der Waals surface area (Å²) in [5, 5.41) is 3.83. The molecule has 1 aliphatic carbocycles. The van der Waals surface area contributed by atoms with Crippen LogP contribution >= 0.6 is 11.8 Å². The molecule has 112 valence electrons. The number of nitrogens with one attached hydrogen (secondary N) is 1. The molecule has 1 N–H and O–H groups in total. The molecule has 1 aromatic heterocycles. The first kappa shape index (κ1) is 14.7. The van der Waals surface area contributed by atoms with Gasteiger partial charge in [0.05, 0.1) is 23.2 Å². The van der Waals surface area contributed by atoms with E-state index in [1.807, 2.05) is 18.2 Å². The number of benzene rings is 1. The van der Waals surface area contributed by atoms with Gasteiger partial charge in [0.25, 0.3) is 5.56 Å². The second kappa shape index (κ2) is 6.24. The van der Waals surface area contributed by atoms with Gasteiger partial charge in [-0.25, -0.2) is 4.98 Å². The summed E-state index contributed by atoms with van der Waals surface area (Å²) in [7, 11) is 0. The van der Waals surface area contributed by atoms with Crippen LogP contribution in [-0.4, -0.2) is 27.8 Å². The van der Waals surface area contributed by atoms with Crippen molar-refractivity contribution < 1.29 is 4.79 Å². The molecule has 0 bridgehead atoms. The lowest BCUT2D eigenvalue weighted by molar-refractivity contribution is -0.118. The molecule has 1 amide bonds. The van der Waals surface area contributed by atoms with E-state index in [9.17, 15) is 9.59 Å². The molecule has 1 saturated carbocycles. The van der Waals surface area contributed by atoms with Crippen molar-refractivity contribution in [2.75, 3.05) is 12.3 Å². The van der Waals surface area contributed by atoms with Crippen LogP contribution in [0.2, 0.25) is 0 Å². The van der Waals surface area contributed by atoms with E-state index in [0.717, 1.165) is 12.8 Å². The fourth-order valence-electron chi connectivity index (χ4n) is 2.21. The maximum atomic E-state index is 12.6. The van der Waals surface area contributed by atoms with E-state index >= 15 is 0 Å². The lowest BCUT2D eigenvalue weighted by Crippen LogP contribution is -2.27. The topological polar surface area (TPSA) is 64.0 Å². The van der Waals surface area contributed by atoms with Crippen molar-refractivity contribution >= 4 is 28.6 Å². The molecular formula is C16H15N3O2S. The van der Waals surface area contributed by atoms with E-state index < -0.39 is 0 Å². The van der Waals surface area contributed by atoms with Crippen LogP contribution in [0.25, 0.3) is 10.9 Å². The van der Waals surface area contributed by atoms with Crippen molar-refractivity contribution in [3.05, 3.63) is 34.6 Å². The monoisotopic (exact) mass is 313 g/mol. The van der Waals surface area contributed by atoms with Gasteiger partial charge >= 0.3 is 0 Å². The van der Waals surface area contributed by atoms with Gasteiger partial charge in [-0.2, -0.15) is 0 Å². The minimum atomic E-state index is -0.160. The molecule has 1 fully saturated rings. The van der Waals surface area contributed by atoms with Crippen LogP contribution in [0.15, 0.2) is 34.2 Å². The molecular weight excluding hydrogens is 298 g/mol. The summed E-state index contributed by atoms with van der Waals surface area (Å²) in [4.78, 5) is 28.9. The highest BCUT2D eigenvalue weighted by Crippen LogP contribution is 2.36. The van der Waals surface area contributed by atoms with Crippen LogP contribution in [-0.2, 0) is 4.79 Å². The summed E-state index contributed by atoms with van der Waals surface area (Å²) in [5.41, 5.74) is 0.635. The molecule has 2 aromatic rings. The highest BCUT2D eigenvalue weighted by molar-refractivity contribution is 7.99. The van der Waals surface area contributed by atoms with Crippen LogP contribution in [0.5, 0.6) is 0 Å². The molecule has 0 radical (unpaired) electrons. The first-order valence-electron chi connectivity index (χ1n) is 7.05. The molecule has 0 unspecified atom stereocenters. The summed E-state index contributed by atoms with van der Waals surface area (Å²) < 4.78 is 1.72. The summed E-state index contributed by atoms with van der Waals surface area (Å²) >= 11 is 1.27. The number of carbonyl (C=O) groups is 1. The number of thioether (sulfide) groups is 1. The van der Waals surface area contributed by atoms with Gasteiger partial charge in [-0.05, 0) is 25.0 Å². The number of para-hydroxylation sites is 1. The summed E-state index contributed by atoms with van der Waals surface area (Å²) in [6.45, 7) is 0.208. The van der Waals surface area contributed by atoms with Crippen molar-refractivity contribution in [1.82, 2.24) is 14.9 Å². The molecule has 22 heavy (non-hydrogen) atoms. The average molecular weight is 313 g/mol. The Morgan fingerprint density at radius 3 is 2.95 bits per heavy atom. The molecule has 0 spiro atoms. The molecule has 5 nitrogen and oxygen atoms in total. The normalized spacial score (nSPS) is 13.8. The zero-order chi connectivity index (χ0) is 15.5. The molecule has 0 atom stereocenters. The zero-order valence-electron chi connectivity index (χ0n) is 11.9. The first-order chi connectivity index (χ1) is 10.7. The van der Waals surface area contributed by atoms with Crippen molar-refractivity contribution in [2.45, 2.75) is 24.0 Å². The van der Waals surface area contributed by atoms with E-state index in [4.69, 9.17) is 6.42 Å². The average Bonchev–Trinajstić information content (AvgIpc) is 3.35. The summed E-state index contributed by atoms with van der Waals surface area (Å²) in [6, 6.07) is 7.50. The maximum absolute atomic E-state index is 12.6. The zero-order valence-corrected chi connectivity index (χ0v) is 12.7. The van der Waals surface area contributed by atoms with Crippen LogP contribution < -0.4 is 10.9 Å². The van der Waals surface area contributed by atoms with Crippen LogP contribution in [0.4, 0.5) is 0 Å². The Balaban J connectivity index is 1.91. The van der Waals surface area contributed by atoms with E-state index in [1.165, 1.54) is 11.8 Å². The summed E-state index contributed by atoms with van der Waals surface area (Å²) in [5.74, 6) is 2.39. The molecule has 1 aromatic carbocycles. The van der Waals surface area contributed by atoms with Gasteiger partial charge in [-0.3, -0.25) is 14.2 Å². The number of hydrogen-bond acceptors (Lipinski definition) is 4. The second-order valence-electron chi connectivity index (χ2n) is 5.09. The Labute approximate surface area is 132 Å². The van der Waals surface area contributed by atoms with Crippen molar-refractivity contribution in [2.24, 2.45) is 0 Å². The number of aromatic nitrogens is 2. The largest absolute Gasteiger partial charge is 0.344 e. The maximum Gasteiger partial charge on any atom is 0.262 e. The Morgan fingerprint density at radius 1 is 1.45 bits per heavy atom. The number of rotatable bonds is 5. The van der Waals surface area contributed by atoms with Crippen molar-refractivity contribution in [3.63, 3.8) is 0 Å². The third kappa shape index (κ3) is 3.00. The number of amides is 1. The highest BCUT2D eigenvalue weighted by atomic mass is 32.2. The molecule has 1 aliphatic rings. The van der Waals surface area contributed by atoms with Crippen molar-refractivity contribution in [1.29, 1.82) is 0 Å². The number of terminal acetylenes is 1. The van der Waals surface area contributed by atoms with Gasteiger partial charge in [-0.1, -0.05) is 29.8 Å². The van der Waals surface area contributed by atoms with E-state index in [-0.39, 0.29) is 29.8 Å². The predicted molar refractivity (Wildman–Crippen MR) is 86.8 cm³/mol. The standard InChI is InChI=1S/C16H15N3O2S/c1-2-9-17-14(20)10-22-16-18-13-6-4-3-5-12(13)15(21)19(16)11-7-8-11/h1,3-6,11H,7-10H2,(H,17,20). The van der Waals surface area contributed by atoms with Crippen LogP contribution in [0.1, 0.15) is 18.9 Å². The minimum absolute atomic E-state index is 0.0281. The Hall–Kier alpha value is -2.26. The third-order valence-corrected chi connectivity index (χ3v) is 4.36. The number of hydrogen-bond donors (Lipinski definition) is 1. The Bertz CT molecular complexity index is 818. The molecule has 6 heteroatoms. The molecule has 0 saturated heterocycles. The third-order valence-electron chi connectivity index (χ3n) is 3.41. The van der Waals surface area contributed by atoms with Gasteiger partial charge in [0.1, 0.15) is 0 Å². The van der Waals surface area contributed by atoms with Gasteiger partial charge in [-0.15, -0.1) is 6.42 Å². The smallest absolute Gasteiger partial charge is 0.262 e. The first-order valence-corrected chi connectivity index (χ1v) is 8.03. The van der Waals surface area contributed by atoms with Crippen LogP contribution in [0, 0.1) is 12.3 Å². The lowest BCUT2D eigenvalue weighted by Gasteiger charge is -2.12. The van der Waals surface area contributed by atoms with Gasteiger partial charge in [0.2, 0.25) is 5.91 Å². The quantitative estimate of drug-likeness (QED) is 0.517. The van der Waals surface area contributed by atoms with Gasteiger partial charge in [0.15, 0.2) is 5.16 Å². The second-order valence-corrected chi connectivity index (χ2v) is 6.03. The molecule has 1 heterocycles. The van der Waals surface area contributed by atoms with Crippen molar-refractivity contribution in [3.8, 4) is 12.3 Å². The molecule has 0 aliphatic heterocycles. The highest BCUT2D eigenvalue weighted by Gasteiger charge is 2.28. The Kier molecular flexibility index (Phi) is 4.16. The Morgan fingerprint density at radius 2 is 2.23 bits per heavy atom. The van der Waals surface area contributed by atoms with Gasteiger partial charge < -0.3 is 5.32 Å². The number of nitrogens with zero attached hydrogens (tertiary/aromatic N) is 2. The summed E-state index contributed by atoms with van der Waals surface area (Å²) in [6.07, 6.45) is 7.07. The van der Waals surface area contributed by atoms with E-state index in [0.29, 0.717) is 16.1 Å². The number of fused-ring (bicyclic) bond motifs is 1. The number of carbonyl (C=O) groups excluding carboxylic acids is 1. The van der Waals surface area contributed by atoms with E-state index in [2.05, 4.69) is 16.2 Å². The SMILES string of the molecule is C#CCNC(=O)CSc1nc2ccccc2c(=O)n1C1CC1.